The summed E-state index contributed by atoms with van der Waals surface area (Å²) in [6, 6.07) is 0. The minimum Gasteiger partial charge on any atom is -0.353 e. The van der Waals surface area contributed by atoms with Crippen LogP contribution in [-0.2, 0) is 11.2 Å². The number of nitrogens with zero attached hydrogens (tertiary/aromatic N) is 3. The summed E-state index contributed by atoms with van der Waals surface area (Å²) in [6.07, 6.45) is 0.899. The SMILES string of the molecule is CC(C)Cc1nsc(N2CCNC(=O)C2)n1. The molecule has 0 bridgehead atoms. The molecule has 88 valence electrons. The topological polar surface area (TPSA) is 58.1 Å². The van der Waals surface area contributed by atoms with Crippen LogP contribution < -0.4 is 10.2 Å². The number of rotatable bonds is 3. The van der Waals surface area contributed by atoms with Crippen LogP contribution >= 0.6 is 11.5 Å². The molecule has 0 atom stereocenters. The number of amides is 1. The molecule has 16 heavy (non-hydrogen) atoms. The summed E-state index contributed by atoms with van der Waals surface area (Å²) < 4.78 is 4.31. The van der Waals surface area contributed by atoms with Gasteiger partial charge in [0.15, 0.2) is 0 Å². The van der Waals surface area contributed by atoms with Gasteiger partial charge in [-0.25, -0.2) is 4.98 Å². The van der Waals surface area contributed by atoms with Crippen molar-refractivity contribution < 1.29 is 4.79 Å². The zero-order valence-electron chi connectivity index (χ0n) is 9.56. The largest absolute Gasteiger partial charge is 0.353 e. The monoisotopic (exact) mass is 240 g/mol. The van der Waals surface area contributed by atoms with Crippen LogP contribution in [-0.4, -0.2) is 34.9 Å². The first kappa shape index (κ1) is 11.3. The van der Waals surface area contributed by atoms with Gasteiger partial charge < -0.3 is 10.2 Å². The number of hydrogen-bond acceptors (Lipinski definition) is 5. The molecule has 1 aliphatic rings. The molecule has 0 saturated carbocycles. The third-order valence-electron chi connectivity index (χ3n) is 2.36. The Balaban J connectivity index is 2.03. The molecule has 1 N–H and O–H groups in total. The Bertz CT molecular complexity index is 377. The zero-order valence-corrected chi connectivity index (χ0v) is 10.4. The molecule has 0 aromatic carbocycles. The predicted molar refractivity (Wildman–Crippen MR) is 63.7 cm³/mol. The fourth-order valence-corrected chi connectivity index (χ4v) is 2.34. The van der Waals surface area contributed by atoms with Gasteiger partial charge in [0.1, 0.15) is 5.82 Å². The van der Waals surface area contributed by atoms with E-state index in [4.69, 9.17) is 0 Å². The Morgan fingerprint density at radius 3 is 3.06 bits per heavy atom. The Morgan fingerprint density at radius 1 is 1.56 bits per heavy atom. The number of hydrogen-bond donors (Lipinski definition) is 1. The van der Waals surface area contributed by atoms with Gasteiger partial charge in [-0.3, -0.25) is 4.79 Å². The molecule has 1 aromatic heterocycles. The molecule has 0 aliphatic carbocycles. The summed E-state index contributed by atoms with van der Waals surface area (Å²) in [7, 11) is 0. The number of aromatic nitrogens is 2. The average molecular weight is 240 g/mol. The number of anilines is 1. The molecule has 1 aliphatic heterocycles. The van der Waals surface area contributed by atoms with Gasteiger partial charge in [0.2, 0.25) is 11.0 Å². The molecule has 1 amide bonds. The van der Waals surface area contributed by atoms with Crippen molar-refractivity contribution in [2.24, 2.45) is 5.92 Å². The zero-order chi connectivity index (χ0) is 11.5. The van der Waals surface area contributed by atoms with Crippen molar-refractivity contribution in [3.05, 3.63) is 5.82 Å². The lowest BCUT2D eigenvalue weighted by atomic mass is 10.1. The molecule has 0 unspecified atom stereocenters. The van der Waals surface area contributed by atoms with E-state index in [0.717, 1.165) is 23.9 Å². The van der Waals surface area contributed by atoms with Crippen LogP contribution in [0.1, 0.15) is 19.7 Å². The van der Waals surface area contributed by atoms with E-state index < -0.39 is 0 Å². The van der Waals surface area contributed by atoms with E-state index in [1.54, 1.807) is 0 Å². The van der Waals surface area contributed by atoms with E-state index in [2.05, 4.69) is 28.5 Å². The average Bonchev–Trinajstić information content (AvgIpc) is 2.65. The lowest BCUT2D eigenvalue weighted by Gasteiger charge is -2.25. The first-order valence-corrected chi connectivity index (χ1v) is 6.26. The number of carbonyl (C=O) groups is 1. The van der Waals surface area contributed by atoms with E-state index >= 15 is 0 Å². The van der Waals surface area contributed by atoms with Crippen molar-refractivity contribution >= 4 is 22.6 Å². The first-order valence-electron chi connectivity index (χ1n) is 5.49. The van der Waals surface area contributed by atoms with Gasteiger partial charge in [-0.05, 0) is 5.92 Å². The van der Waals surface area contributed by atoms with Gasteiger partial charge in [0.05, 0.1) is 6.54 Å². The number of carbonyl (C=O) groups excluding carboxylic acids is 1. The fourth-order valence-electron chi connectivity index (χ4n) is 1.62. The highest BCUT2D eigenvalue weighted by molar-refractivity contribution is 7.09. The van der Waals surface area contributed by atoms with Crippen LogP contribution in [0.15, 0.2) is 0 Å². The second-order valence-electron chi connectivity index (χ2n) is 4.36. The third-order valence-corrected chi connectivity index (χ3v) is 3.17. The van der Waals surface area contributed by atoms with Gasteiger partial charge in [-0.15, -0.1) is 0 Å². The summed E-state index contributed by atoms with van der Waals surface area (Å²) >= 11 is 1.38. The van der Waals surface area contributed by atoms with Gasteiger partial charge in [-0.1, -0.05) is 13.8 Å². The molecule has 5 nitrogen and oxygen atoms in total. The molecule has 2 rings (SSSR count). The summed E-state index contributed by atoms with van der Waals surface area (Å²) in [5, 5.41) is 3.66. The molecule has 1 aromatic rings. The maximum Gasteiger partial charge on any atom is 0.239 e. The Kier molecular flexibility index (Phi) is 3.38. The van der Waals surface area contributed by atoms with Crippen LogP contribution in [0.4, 0.5) is 5.13 Å². The Morgan fingerprint density at radius 2 is 2.38 bits per heavy atom. The van der Waals surface area contributed by atoms with Crippen LogP contribution in [0.25, 0.3) is 0 Å². The maximum absolute atomic E-state index is 11.2. The van der Waals surface area contributed by atoms with Crippen molar-refractivity contribution in [2.75, 3.05) is 24.5 Å². The van der Waals surface area contributed by atoms with Crippen LogP contribution in [0.2, 0.25) is 0 Å². The van der Waals surface area contributed by atoms with E-state index in [9.17, 15) is 4.79 Å². The maximum atomic E-state index is 11.2. The van der Waals surface area contributed by atoms with Crippen molar-refractivity contribution in [3.8, 4) is 0 Å². The summed E-state index contributed by atoms with van der Waals surface area (Å²) in [6.45, 7) is 6.21. The van der Waals surface area contributed by atoms with Gasteiger partial charge in [-0.2, -0.15) is 4.37 Å². The molecule has 6 heteroatoms. The molecule has 2 heterocycles. The molecule has 0 spiro atoms. The molecule has 1 fully saturated rings. The highest BCUT2D eigenvalue weighted by Gasteiger charge is 2.19. The minimum atomic E-state index is 0.0619. The van der Waals surface area contributed by atoms with Crippen LogP contribution in [0, 0.1) is 5.92 Å². The first-order chi connectivity index (χ1) is 7.65. The van der Waals surface area contributed by atoms with E-state index in [1.165, 1.54) is 11.5 Å². The fraction of sp³-hybridized carbons (Fsp3) is 0.700. The molecule has 0 radical (unpaired) electrons. The predicted octanol–water partition coefficient (Wildman–Crippen LogP) is 0.673. The standard InChI is InChI=1S/C10H16N4OS/c1-7(2)5-8-12-10(16-13-8)14-4-3-11-9(15)6-14/h7H,3-6H2,1-2H3,(H,11,15). The molecule has 1 saturated heterocycles. The van der Waals surface area contributed by atoms with Gasteiger partial charge >= 0.3 is 0 Å². The highest BCUT2D eigenvalue weighted by atomic mass is 32.1. The lowest BCUT2D eigenvalue weighted by molar-refractivity contribution is -0.120. The summed E-state index contributed by atoms with van der Waals surface area (Å²) in [5.41, 5.74) is 0. The van der Waals surface area contributed by atoms with Crippen LogP contribution in [0.5, 0.6) is 0 Å². The third kappa shape index (κ3) is 2.69. The smallest absolute Gasteiger partial charge is 0.239 e. The van der Waals surface area contributed by atoms with E-state index in [-0.39, 0.29) is 5.91 Å². The van der Waals surface area contributed by atoms with E-state index in [0.29, 0.717) is 19.0 Å². The lowest BCUT2D eigenvalue weighted by Crippen LogP contribution is -2.47. The molecular weight excluding hydrogens is 224 g/mol. The Hall–Kier alpha value is -1.17. The quantitative estimate of drug-likeness (QED) is 0.844. The number of piperazine rings is 1. The van der Waals surface area contributed by atoms with Gasteiger partial charge in [0, 0.05) is 31.0 Å². The van der Waals surface area contributed by atoms with E-state index in [1.807, 2.05) is 4.90 Å². The van der Waals surface area contributed by atoms with Crippen molar-refractivity contribution in [3.63, 3.8) is 0 Å². The van der Waals surface area contributed by atoms with Crippen molar-refractivity contribution in [1.82, 2.24) is 14.7 Å². The van der Waals surface area contributed by atoms with Crippen molar-refractivity contribution in [1.29, 1.82) is 0 Å². The minimum absolute atomic E-state index is 0.0619. The highest BCUT2D eigenvalue weighted by Crippen LogP contribution is 2.19. The second kappa shape index (κ2) is 4.78. The normalized spacial score (nSPS) is 16.7. The van der Waals surface area contributed by atoms with Crippen LogP contribution in [0.3, 0.4) is 0 Å². The van der Waals surface area contributed by atoms with Crippen molar-refractivity contribution in [2.45, 2.75) is 20.3 Å². The van der Waals surface area contributed by atoms with Gasteiger partial charge in [0.25, 0.3) is 0 Å². The Labute approximate surface area is 99.0 Å². The molecular formula is C10H16N4OS. The number of nitrogens with one attached hydrogen (secondary N) is 1. The summed E-state index contributed by atoms with van der Waals surface area (Å²) in [5.74, 6) is 1.51. The second-order valence-corrected chi connectivity index (χ2v) is 5.09. The summed E-state index contributed by atoms with van der Waals surface area (Å²) in [4.78, 5) is 17.7.